The summed E-state index contributed by atoms with van der Waals surface area (Å²) in [5, 5.41) is 22.5. The van der Waals surface area contributed by atoms with Crippen LogP contribution in [-0.4, -0.2) is 53.2 Å². The number of fused-ring (bicyclic) bond motifs is 7. The maximum atomic E-state index is 14.6. The molecule has 9 atom stereocenters. The van der Waals surface area contributed by atoms with Crippen LogP contribution in [0.5, 0.6) is 5.75 Å². The second-order valence-corrected chi connectivity index (χ2v) is 20.1. The van der Waals surface area contributed by atoms with Crippen molar-refractivity contribution in [3.8, 4) is 5.75 Å². The summed E-state index contributed by atoms with van der Waals surface area (Å²) in [6.07, 6.45) is 13.5. The van der Waals surface area contributed by atoms with Gasteiger partial charge in [0.05, 0.1) is 11.5 Å². The number of anilines is 1. The van der Waals surface area contributed by atoms with Gasteiger partial charge >= 0.3 is 5.97 Å². The van der Waals surface area contributed by atoms with Gasteiger partial charge in [-0.3, -0.25) is 24.4 Å². The molecule has 6 rings (SSSR count). The fourth-order valence-corrected chi connectivity index (χ4v) is 12.7. The Bertz CT molecular complexity index is 1690. The molecule has 0 spiro atoms. The van der Waals surface area contributed by atoms with E-state index in [0.29, 0.717) is 43.0 Å². The van der Waals surface area contributed by atoms with Crippen molar-refractivity contribution in [3.05, 3.63) is 35.9 Å². The lowest BCUT2D eigenvalue weighted by molar-refractivity contribution is -0.202. The third kappa shape index (κ3) is 7.58. The summed E-state index contributed by atoms with van der Waals surface area (Å²) in [4.78, 5) is 51.9. The third-order valence-electron chi connectivity index (χ3n) is 16.5. The fourth-order valence-electron chi connectivity index (χ4n) is 12.7. The monoisotopic (exact) mass is 776 g/mol. The predicted molar refractivity (Wildman–Crippen MR) is 215 cm³/mol. The van der Waals surface area contributed by atoms with Crippen LogP contribution in [-0.2, 0) is 23.9 Å². The Balaban J connectivity index is 1.03. The molecule has 4 fully saturated rings. The van der Waals surface area contributed by atoms with Gasteiger partial charge in [-0.1, -0.05) is 60.0 Å². The number of benzene rings is 1. The van der Waals surface area contributed by atoms with E-state index in [-0.39, 0.29) is 82.3 Å². The molecule has 0 radical (unpaired) electrons. The average Bonchev–Trinajstić information content (AvgIpc) is 3.15. The molecule has 1 aromatic rings. The highest BCUT2D eigenvalue weighted by Crippen LogP contribution is 2.75. The van der Waals surface area contributed by atoms with Crippen molar-refractivity contribution in [2.75, 3.05) is 18.5 Å². The van der Waals surface area contributed by atoms with Crippen molar-refractivity contribution in [1.82, 2.24) is 5.48 Å². The first-order chi connectivity index (χ1) is 26.3. The first-order valence-electron chi connectivity index (χ1n) is 21.4. The summed E-state index contributed by atoms with van der Waals surface area (Å²) in [7, 11) is 0. The van der Waals surface area contributed by atoms with Crippen LogP contribution in [0, 0.1) is 50.2 Å². The number of carbonyl (C=O) groups excluding carboxylic acids is 4. The maximum Gasteiger partial charge on any atom is 0.311 e. The number of aliphatic hydroxyl groups excluding tert-OH is 1. The van der Waals surface area contributed by atoms with E-state index in [9.17, 15) is 24.3 Å². The molecule has 0 bridgehead atoms. The number of carbonyl (C=O) groups is 4. The van der Waals surface area contributed by atoms with Crippen molar-refractivity contribution >= 4 is 29.3 Å². The number of aliphatic hydroxyl groups is 1. The highest BCUT2D eigenvalue weighted by molar-refractivity contribution is 5.96. The van der Waals surface area contributed by atoms with Gasteiger partial charge in [0, 0.05) is 24.4 Å². The summed E-state index contributed by atoms with van der Waals surface area (Å²) in [6.45, 7) is 16.4. The molecule has 4 saturated carbocycles. The lowest BCUT2D eigenvalue weighted by Gasteiger charge is -2.70. The number of nitrogens with one attached hydrogen (secondary N) is 2. The number of ketones is 1. The first kappa shape index (κ1) is 42.4. The van der Waals surface area contributed by atoms with E-state index < -0.39 is 11.3 Å². The normalized spacial score (nSPS) is 37.1. The van der Waals surface area contributed by atoms with Gasteiger partial charge < -0.3 is 19.9 Å². The van der Waals surface area contributed by atoms with Crippen molar-refractivity contribution in [2.24, 2.45) is 50.2 Å². The van der Waals surface area contributed by atoms with Crippen molar-refractivity contribution in [3.63, 3.8) is 0 Å². The molecular formula is C46H68N2O8. The Morgan fingerprint density at radius 2 is 1.46 bits per heavy atom. The summed E-state index contributed by atoms with van der Waals surface area (Å²) >= 11 is 0. The smallest absolute Gasteiger partial charge is 0.311 e. The van der Waals surface area contributed by atoms with Gasteiger partial charge in [0.15, 0.2) is 5.78 Å². The van der Waals surface area contributed by atoms with E-state index in [1.807, 2.05) is 6.92 Å². The highest BCUT2D eigenvalue weighted by atomic mass is 16.6. The lowest BCUT2D eigenvalue weighted by Crippen LogP contribution is -2.66. The molecule has 5 aliphatic carbocycles. The van der Waals surface area contributed by atoms with Crippen LogP contribution >= 0.6 is 0 Å². The number of unbranched alkanes of at least 4 members (excludes halogenated alkanes) is 3. The van der Waals surface area contributed by atoms with Crippen LogP contribution in [0.3, 0.4) is 0 Å². The minimum Gasteiger partial charge on any atom is -0.490 e. The SMILES string of the molecule is CC1(C)[C@@H](O)CC[C@]2(C)[C@H]3C(=O)C=C4[C@@H]5C[C@@](C)(C(=O)OCCOc6ccc(NC(=O)CCCCCCC(=O)NO)cc6)CC[C@]5(C)CC[C@@]4(C)[C@]3(C)CC[C@@H]12. The van der Waals surface area contributed by atoms with E-state index in [4.69, 9.17) is 14.7 Å². The molecule has 0 heterocycles. The Morgan fingerprint density at radius 1 is 0.804 bits per heavy atom. The number of esters is 1. The van der Waals surface area contributed by atoms with E-state index in [1.165, 1.54) is 5.57 Å². The molecule has 0 saturated heterocycles. The van der Waals surface area contributed by atoms with Crippen LogP contribution in [0.15, 0.2) is 35.9 Å². The molecule has 0 unspecified atom stereocenters. The van der Waals surface area contributed by atoms with Crippen LogP contribution in [0.1, 0.15) is 145 Å². The van der Waals surface area contributed by atoms with Gasteiger partial charge in [-0.2, -0.15) is 0 Å². The zero-order chi connectivity index (χ0) is 40.7. The number of ether oxygens (including phenoxy) is 2. The quantitative estimate of drug-likeness (QED) is 0.0672. The lowest BCUT2D eigenvalue weighted by atomic mass is 9.33. The molecule has 0 aliphatic heterocycles. The molecule has 0 aromatic heterocycles. The third-order valence-corrected chi connectivity index (χ3v) is 16.5. The van der Waals surface area contributed by atoms with E-state index in [2.05, 4.69) is 52.9 Å². The van der Waals surface area contributed by atoms with E-state index in [0.717, 1.165) is 64.2 Å². The van der Waals surface area contributed by atoms with Crippen molar-refractivity contribution < 1.29 is 39.0 Å². The number of rotatable bonds is 13. The molecule has 310 valence electrons. The molecule has 56 heavy (non-hydrogen) atoms. The molecule has 5 aliphatic rings. The second kappa shape index (κ2) is 15.8. The van der Waals surface area contributed by atoms with Gasteiger partial charge in [-0.25, -0.2) is 5.48 Å². The number of amides is 2. The molecule has 10 nitrogen and oxygen atoms in total. The molecule has 1 aromatic carbocycles. The zero-order valence-corrected chi connectivity index (χ0v) is 35.1. The summed E-state index contributed by atoms with van der Waals surface area (Å²) in [5.74, 6) is 0.561. The maximum absolute atomic E-state index is 14.6. The summed E-state index contributed by atoms with van der Waals surface area (Å²) in [5.41, 5.74) is 2.24. The number of allylic oxidation sites excluding steroid dienone is 2. The Morgan fingerprint density at radius 3 is 2.14 bits per heavy atom. The van der Waals surface area contributed by atoms with Gasteiger partial charge in [0.2, 0.25) is 11.8 Å². The van der Waals surface area contributed by atoms with E-state index >= 15 is 0 Å². The summed E-state index contributed by atoms with van der Waals surface area (Å²) in [6, 6.07) is 7.12. The van der Waals surface area contributed by atoms with Gasteiger partial charge in [0.25, 0.3) is 0 Å². The fraction of sp³-hybridized carbons (Fsp3) is 0.739. The van der Waals surface area contributed by atoms with Crippen LogP contribution in [0.4, 0.5) is 5.69 Å². The number of hydrogen-bond donors (Lipinski definition) is 4. The zero-order valence-electron chi connectivity index (χ0n) is 35.1. The van der Waals surface area contributed by atoms with Crippen molar-refractivity contribution in [2.45, 2.75) is 151 Å². The summed E-state index contributed by atoms with van der Waals surface area (Å²) < 4.78 is 11.8. The van der Waals surface area contributed by atoms with Gasteiger partial charge in [-0.05, 0) is 147 Å². The van der Waals surface area contributed by atoms with Gasteiger partial charge in [-0.15, -0.1) is 0 Å². The number of hydrogen-bond acceptors (Lipinski definition) is 8. The highest BCUT2D eigenvalue weighted by Gasteiger charge is 2.70. The van der Waals surface area contributed by atoms with Crippen LogP contribution < -0.4 is 15.5 Å². The average molecular weight is 777 g/mol. The number of hydroxylamine groups is 1. The van der Waals surface area contributed by atoms with E-state index in [1.54, 1.807) is 29.7 Å². The minimum absolute atomic E-state index is 0.0308. The largest absolute Gasteiger partial charge is 0.490 e. The Kier molecular flexibility index (Phi) is 12.0. The van der Waals surface area contributed by atoms with Crippen LogP contribution in [0.2, 0.25) is 0 Å². The van der Waals surface area contributed by atoms with Gasteiger partial charge in [0.1, 0.15) is 19.0 Å². The molecule has 2 amide bonds. The van der Waals surface area contributed by atoms with Crippen LogP contribution in [0.25, 0.3) is 0 Å². The van der Waals surface area contributed by atoms with Crippen molar-refractivity contribution in [1.29, 1.82) is 0 Å². The first-order valence-corrected chi connectivity index (χ1v) is 21.4. The molecular weight excluding hydrogens is 709 g/mol. The minimum atomic E-state index is -0.659. The standard InChI is InChI=1S/C46H68N2O8/c1-41(2)35-18-21-46(7)39(44(35,5)20-19-36(41)50)34(49)28-32-33-29-43(4,23-22-42(33,3)24-25-45(32,46)6)40(53)56-27-26-55-31-16-14-30(15-17-31)47-37(51)12-10-8-9-11-13-38(52)48-54/h14-17,28,33,35-36,39,50,54H,8-13,18-27,29H2,1-7H3,(H,47,51)(H,48,52)/t33-,35-,36-,39+,42+,43-,44-,45+,46+/m0/s1. The molecule has 4 N–H and O–H groups in total. The Labute approximate surface area is 334 Å². The molecule has 10 heteroatoms. The Hall–Kier alpha value is -3.24. The predicted octanol–water partition coefficient (Wildman–Crippen LogP) is 8.73. The topological polar surface area (TPSA) is 151 Å². The second-order valence-electron chi connectivity index (χ2n) is 20.1.